The fourth-order valence-corrected chi connectivity index (χ4v) is 6.87. The highest BCUT2D eigenvalue weighted by Gasteiger charge is 2.56. The monoisotopic (exact) mass is 632 g/mol. The summed E-state index contributed by atoms with van der Waals surface area (Å²) in [6, 6.07) is 4.71. The number of alkyl halides is 4. The van der Waals surface area contributed by atoms with Crippen LogP contribution in [-0.2, 0) is 31.6 Å². The van der Waals surface area contributed by atoms with Crippen LogP contribution < -0.4 is 14.9 Å². The Hall–Kier alpha value is -3.79. The first kappa shape index (κ1) is 32.1. The summed E-state index contributed by atoms with van der Waals surface area (Å²) in [4.78, 5) is 38.3. The lowest BCUT2D eigenvalue weighted by Gasteiger charge is -2.38. The van der Waals surface area contributed by atoms with Crippen molar-refractivity contribution in [2.24, 2.45) is 0 Å². The largest absolute Gasteiger partial charge is 0.424 e. The number of likely N-dealkylation sites (N-methyl/N-ethyl adjacent to an activating group) is 1. The molecule has 10 nitrogen and oxygen atoms in total. The molecule has 43 heavy (non-hydrogen) atoms. The van der Waals surface area contributed by atoms with Crippen molar-refractivity contribution in [1.29, 1.82) is 0 Å². The molecule has 1 saturated heterocycles. The smallest absolute Gasteiger partial charge is 0.374 e. The molecule has 0 bridgehead atoms. The van der Waals surface area contributed by atoms with E-state index in [1.165, 1.54) is 6.92 Å². The molecule has 2 heterocycles. The lowest BCUT2D eigenvalue weighted by atomic mass is 9.88. The number of halogens is 5. The number of nitrogens with one attached hydrogen (secondary N) is 2. The number of urea groups is 1. The van der Waals surface area contributed by atoms with Crippen molar-refractivity contribution in [1.82, 2.24) is 15.5 Å². The minimum absolute atomic E-state index is 0.0332. The van der Waals surface area contributed by atoms with Crippen LogP contribution in [0.5, 0.6) is 0 Å². The van der Waals surface area contributed by atoms with Crippen molar-refractivity contribution in [2.75, 3.05) is 24.1 Å². The zero-order chi connectivity index (χ0) is 32.0. The van der Waals surface area contributed by atoms with Gasteiger partial charge in [0, 0.05) is 19.5 Å². The highest BCUT2D eigenvalue weighted by molar-refractivity contribution is 7.92. The molecule has 0 spiro atoms. The number of rotatable bonds is 9. The van der Waals surface area contributed by atoms with Gasteiger partial charge in [0.15, 0.2) is 0 Å². The summed E-state index contributed by atoms with van der Waals surface area (Å²) >= 11 is 0. The summed E-state index contributed by atoms with van der Waals surface area (Å²) in [7, 11) is -4.53. The van der Waals surface area contributed by atoms with Crippen LogP contribution in [0, 0.1) is 5.82 Å². The molecular formula is C27H29F5N4O6S. The molecule has 0 aromatic heterocycles. The predicted octanol–water partition coefficient (Wildman–Crippen LogP) is 2.89. The zero-order valence-electron chi connectivity index (χ0n) is 23.0. The van der Waals surface area contributed by atoms with Gasteiger partial charge in [-0.05, 0) is 68.1 Å². The fraction of sp³-hybridized carbons (Fsp3) is 0.444. The highest BCUT2D eigenvalue weighted by atomic mass is 32.2. The van der Waals surface area contributed by atoms with E-state index < -0.39 is 75.7 Å². The standard InChI is InChI=1S/C27H29F5N4O6S/c1-3-35-23(38)25(2,34-24(35)39)15-33-22(37)13-19-8-4-16-12-17(26(40,14-28)27(30,31)32)5-11-21(16)36(19)43(41,42)20-9-6-18(29)7-10-20/h5-7,9-12,19,40H,3-4,8,13-15H2,1-2H3,(H,33,37)(H,34,39)/t19-,25?,26?/m0/s1. The van der Waals surface area contributed by atoms with E-state index in [0.717, 1.165) is 51.7 Å². The second-order valence-corrected chi connectivity index (χ2v) is 12.4. The number of fused-ring (bicyclic) bond motifs is 1. The molecule has 2 aromatic carbocycles. The van der Waals surface area contributed by atoms with Gasteiger partial charge in [-0.1, -0.05) is 12.1 Å². The number of nitrogens with zero attached hydrogens (tertiary/aromatic N) is 2. The van der Waals surface area contributed by atoms with Gasteiger partial charge < -0.3 is 15.7 Å². The maximum atomic E-state index is 13.8. The van der Waals surface area contributed by atoms with E-state index in [2.05, 4.69) is 10.6 Å². The van der Waals surface area contributed by atoms with Crippen molar-refractivity contribution in [3.8, 4) is 0 Å². The molecule has 0 aliphatic carbocycles. The van der Waals surface area contributed by atoms with Crippen molar-refractivity contribution < 1.29 is 49.9 Å². The van der Waals surface area contributed by atoms with Crippen molar-refractivity contribution in [3.63, 3.8) is 0 Å². The maximum Gasteiger partial charge on any atom is 0.424 e. The molecule has 1 fully saturated rings. The number of sulfonamides is 1. The number of carbonyl (C=O) groups is 3. The third-order valence-electron chi connectivity index (χ3n) is 7.63. The van der Waals surface area contributed by atoms with E-state index in [4.69, 9.17) is 0 Å². The first-order valence-corrected chi connectivity index (χ1v) is 14.6. The van der Waals surface area contributed by atoms with Gasteiger partial charge in [0.2, 0.25) is 11.5 Å². The molecule has 3 atom stereocenters. The molecule has 16 heteroatoms. The SMILES string of the molecule is CCN1C(=O)NC(C)(CNC(=O)C[C@@H]2CCc3cc(C(O)(CF)C(F)(F)F)ccc3N2S(=O)(=O)c2ccc(F)cc2)C1=O. The highest BCUT2D eigenvalue weighted by Crippen LogP contribution is 2.43. The Bertz CT molecular complexity index is 1540. The first-order chi connectivity index (χ1) is 20.0. The van der Waals surface area contributed by atoms with E-state index >= 15 is 0 Å². The van der Waals surface area contributed by atoms with Crippen LogP contribution in [0.1, 0.15) is 37.8 Å². The maximum absolute atomic E-state index is 13.8. The number of amides is 4. The van der Waals surface area contributed by atoms with Crippen LogP contribution in [0.25, 0.3) is 0 Å². The fourth-order valence-electron chi connectivity index (χ4n) is 5.16. The van der Waals surface area contributed by atoms with Gasteiger partial charge in [0.25, 0.3) is 15.9 Å². The second-order valence-electron chi connectivity index (χ2n) is 10.6. The number of benzene rings is 2. The Kier molecular flexibility index (Phi) is 8.50. The molecule has 234 valence electrons. The number of carbonyl (C=O) groups excluding carboxylic acids is 3. The van der Waals surface area contributed by atoms with Gasteiger partial charge in [-0.25, -0.2) is 22.0 Å². The summed E-state index contributed by atoms with van der Waals surface area (Å²) in [6.45, 7) is 0.655. The molecule has 2 aliphatic heterocycles. The summed E-state index contributed by atoms with van der Waals surface area (Å²) in [5, 5.41) is 15.1. The van der Waals surface area contributed by atoms with Crippen LogP contribution in [0.3, 0.4) is 0 Å². The molecule has 0 radical (unpaired) electrons. The van der Waals surface area contributed by atoms with Gasteiger partial charge in [-0.3, -0.25) is 18.8 Å². The normalized spacial score (nSPS) is 22.2. The van der Waals surface area contributed by atoms with E-state index in [-0.39, 0.29) is 42.1 Å². The Morgan fingerprint density at radius 1 is 1.16 bits per heavy atom. The number of aryl methyl sites for hydroxylation is 1. The van der Waals surface area contributed by atoms with Gasteiger partial charge in [-0.2, -0.15) is 13.2 Å². The molecule has 0 saturated carbocycles. The van der Waals surface area contributed by atoms with Gasteiger partial charge in [0.1, 0.15) is 18.0 Å². The minimum Gasteiger partial charge on any atom is -0.374 e. The molecule has 2 unspecified atom stereocenters. The first-order valence-electron chi connectivity index (χ1n) is 13.2. The number of aliphatic hydroxyl groups is 1. The van der Waals surface area contributed by atoms with Crippen LogP contribution in [0.15, 0.2) is 47.4 Å². The molecule has 3 N–H and O–H groups in total. The van der Waals surface area contributed by atoms with Crippen molar-refractivity contribution >= 4 is 33.6 Å². The van der Waals surface area contributed by atoms with E-state index in [1.54, 1.807) is 6.92 Å². The zero-order valence-corrected chi connectivity index (χ0v) is 23.9. The number of imide groups is 1. The van der Waals surface area contributed by atoms with Crippen molar-refractivity contribution in [2.45, 2.75) is 61.4 Å². The van der Waals surface area contributed by atoms with Crippen LogP contribution in [0.4, 0.5) is 32.4 Å². The molecule has 4 rings (SSSR count). The van der Waals surface area contributed by atoms with E-state index in [9.17, 15) is 49.9 Å². The molecule has 4 amide bonds. The van der Waals surface area contributed by atoms with Crippen molar-refractivity contribution in [3.05, 3.63) is 59.4 Å². The molecule has 2 aliphatic rings. The number of hydrogen-bond acceptors (Lipinski definition) is 6. The van der Waals surface area contributed by atoms with Gasteiger partial charge in [0.05, 0.1) is 16.6 Å². The number of anilines is 1. The Balaban J connectivity index is 1.67. The van der Waals surface area contributed by atoms with E-state index in [1.807, 2.05) is 0 Å². The Morgan fingerprint density at radius 2 is 1.81 bits per heavy atom. The van der Waals surface area contributed by atoms with Gasteiger partial charge >= 0.3 is 12.2 Å². The average Bonchev–Trinajstić information content (AvgIpc) is 3.17. The lowest BCUT2D eigenvalue weighted by Crippen LogP contribution is -2.54. The summed E-state index contributed by atoms with van der Waals surface area (Å²) < 4.78 is 96.1. The molecule has 2 aromatic rings. The second kappa shape index (κ2) is 11.4. The Morgan fingerprint density at radius 3 is 2.37 bits per heavy atom. The molecular weight excluding hydrogens is 603 g/mol. The summed E-state index contributed by atoms with van der Waals surface area (Å²) in [5.74, 6) is -1.97. The minimum atomic E-state index is -5.36. The third kappa shape index (κ3) is 5.77. The van der Waals surface area contributed by atoms with Gasteiger partial charge in [-0.15, -0.1) is 0 Å². The Labute approximate surface area is 243 Å². The van der Waals surface area contributed by atoms with Crippen LogP contribution >= 0.6 is 0 Å². The quantitative estimate of drug-likeness (QED) is 0.288. The lowest BCUT2D eigenvalue weighted by molar-refractivity contribution is -0.271. The summed E-state index contributed by atoms with van der Waals surface area (Å²) in [5.41, 5.74) is -6.15. The van der Waals surface area contributed by atoms with Crippen LogP contribution in [-0.4, -0.2) is 73.8 Å². The summed E-state index contributed by atoms with van der Waals surface area (Å²) in [6.07, 6.45) is -5.92. The number of hydrogen-bond donors (Lipinski definition) is 3. The van der Waals surface area contributed by atoms with Crippen LogP contribution in [0.2, 0.25) is 0 Å². The average molecular weight is 633 g/mol. The van der Waals surface area contributed by atoms with E-state index in [0.29, 0.717) is 0 Å². The topological polar surface area (TPSA) is 136 Å². The third-order valence-corrected chi connectivity index (χ3v) is 9.51. The predicted molar refractivity (Wildman–Crippen MR) is 142 cm³/mol.